The van der Waals surface area contributed by atoms with Crippen LogP contribution in [0.25, 0.3) is 0 Å². The minimum Gasteiger partial charge on any atom is -0.179 e. The zero-order valence-electron chi connectivity index (χ0n) is 19.9. The molecule has 0 aromatic rings. The first-order valence-corrected chi connectivity index (χ1v) is 14.3. The molecule has 0 rings (SSSR count). The molecule has 0 atom stereocenters. The van der Waals surface area contributed by atoms with E-state index in [1.54, 1.807) is 0 Å². The molecule has 0 nitrogen and oxygen atoms in total. The van der Waals surface area contributed by atoms with Crippen LogP contribution in [0.2, 0.25) is 0 Å². The molecule has 0 spiro atoms. The van der Waals surface area contributed by atoms with Gasteiger partial charge in [0.1, 0.15) is 0 Å². The minimum atomic E-state index is 1.06. The van der Waals surface area contributed by atoms with Crippen molar-refractivity contribution in [2.24, 2.45) is 0 Å². The van der Waals surface area contributed by atoms with Crippen molar-refractivity contribution < 1.29 is 0 Å². The summed E-state index contributed by atoms with van der Waals surface area (Å²) >= 11 is 8.39. The lowest BCUT2D eigenvalue weighted by atomic mass is 10.0. The average molecular weight is 433 g/mol. The zero-order valence-corrected chi connectivity index (χ0v) is 21.7. The Bertz CT molecular complexity index is 208. The molecule has 0 aromatic carbocycles. The Labute approximate surface area is 191 Å². The number of hydrogen-bond acceptors (Lipinski definition) is 2. The van der Waals surface area contributed by atoms with E-state index in [0.717, 1.165) is 11.5 Å². The van der Waals surface area contributed by atoms with Crippen molar-refractivity contribution in [3.63, 3.8) is 0 Å². The first-order chi connectivity index (χ1) is 13.8. The highest BCUT2D eigenvalue weighted by molar-refractivity contribution is 7.80. The molecule has 0 bridgehead atoms. The van der Waals surface area contributed by atoms with Crippen LogP contribution in [0.1, 0.15) is 155 Å². The number of hydrogen-bond donors (Lipinski definition) is 2. The lowest BCUT2D eigenvalue weighted by Crippen LogP contribution is -1.83. The summed E-state index contributed by atoms with van der Waals surface area (Å²) in [6.07, 6.45) is 31.4. The van der Waals surface area contributed by atoms with Gasteiger partial charge in [0, 0.05) is 0 Å². The van der Waals surface area contributed by atoms with E-state index in [4.69, 9.17) is 0 Å². The van der Waals surface area contributed by atoms with E-state index in [-0.39, 0.29) is 0 Å². The number of thiol groups is 2. The second-order valence-electron chi connectivity index (χ2n) is 8.52. The second-order valence-corrected chi connectivity index (χ2v) is 9.41. The predicted molar refractivity (Wildman–Crippen MR) is 141 cm³/mol. The summed E-state index contributed by atoms with van der Waals surface area (Å²) in [6, 6.07) is 0. The molecule has 28 heavy (non-hydrogen) atoms. The van der Waals surface area contributed by atoms with Gasteiger partial charge in [-0.15, -0.1) is 0 Å². The third-order valence-corrected chi connectivity index (χ3v) is 6.16. The third kappa shape index (κ3) is 34.2. The van der Waals surface area contributed by atoms with Gasteiger partial charge in [0.2, 0.25) is 0 Å². The van der Waals surface area contributed by atoms with E-state index in [9.17, 15) is 0 Å². The summed E-state index contributed by atoms with van der Waals surface area (Å²) in [5.41, 5.74) is 0. The first kappa shape index (κ1) is 30.9. The van der Waals surface area contributed by atoms with Crippen LogP contribution in [0, 0.1) is 0 Å². The van der Waals surface area contributed by atoms with Crippen LogP contribution in [-0.2, 0) is 0 Å². The van der Waals surface area contributed by atoms with Crippen molar-refractivity contribution in [2.45, 2.75) is 155 Å². The third-order valence-electron chi connectivity index (χ3n) is 5.52. The SMILES string of the molecule is CCCCCCCCCCCCCCCCCCS.CCCCCCCCS. The fourth-order valence-corrected chi connectivity index (χ4v) is 4.00. The maximum Gasteiger partial charge on any atom is -0.00979 e. The second kappa shape index (κ2) is 32.4. The molecule has 172 valence electrons. The van der Waals surface area contributed by atoms with Crippen LogP contribution >= 0.6 is 25.3 Å². The molecule has 0 amide bonds. The Kier molecular flexibility index (Phi) is 35.7. The van der Waals surface area contributed by atoms with Crippen molar-refractivity contribution in [2.75, 3.05) is 11.5 Å². The van der Waals surface area contributed by atoms with Gasteiger partial charge in [-0.25, -0.2) is 0 Å². The summed E-state index contributed by atoms with van der Waals surface area (Å²) in [5, 5.41) is 0. The van der Waals surface area contributed by atoms with Gasteiger partial charge in [-0.2, -0.15) is 25.3 Å². The van der Waals surface area contributed by atoms with Gasteiger partial charge in [-0.3, -0.25) is 0 Å². The Hall–Kier alpha value is 0.700. The van der Waals surface area contributed by atoms with Crippen molar-refractivity contribution in [1.82, 2.24) is 0 Å². The van der Waals surface area contributed by atoms with Crippen LogP contribution < -0.4 is 0 Å². The van der Waals surface area contributed by atoms with Gasteiger partial charge in [-0.05, 0) is 24.3 Å². The minimum absolute atomic E-state index is 1.06. The molecule has 0 fully saturated rings. The van der Waals surface area contributed by atoms with Gasteiger partial charge in [0.05, 0.1) is 0 Å². The molecule has 0 aliphatic carbocycles. The van der Waals surface area contributed by atoms with E-state index in [0.29, 0.717) is 0 Å². The summed E-state index contributed by atoms with van der Waals surface area (Å²) in [6.45, 7) is 4.54. The smallest absolute Gasteiger partial charge is 0.00979 e. The largest absolute Gasteiger partial charge is 0.179 e. The molecule has 0 unspecified atom stereocenters. The molecule has 0 radical (unpaired) electrons. The molecule has 0 saturated carbocycles. The average Bonchev–Trinajstić information content (AvgIpc) is 2.71. The Balaban J connectivity index is 0. The van der Waals surface area contributed by atoms with Crippen molar-refractivity contribution in [1.29, 1.82) is 0 Å². The van der Waals surface area contributed by atoms with E-state index >= 15 is 0 Å². The molecule has 0 aromatic heterocycles. The van der Waals surface area contributed by atoms with E-state index in [1.165, 1.54) is 141 Å². The van der Waals surface area contributed by atoms with Crippen molar-refractivity contribution >= 4 is 25.3 Å². The quantitative estimate of drug-likeness (QED) is 0.123. The first-order valence-electron chi connectivity index (χ1n) is 13.0. The number of rotatable bonds is 22. The summed E-state index contributed by atoms with van der Waals surface area (Å²) in [5.74, 6) is 2.13. The maximum atomic E-state index is 4.24. The van der Waals surface area contributed by atoms with Crippen LogP contribution in [0.3, 0.4) is 0 Å². The molecular formula is C26H56S2. The van der Waals surface area contributed by atoms with Crippen molar-refractivity contribution in [3.8, 4) is 0 Å². The molecule has 0 N–H and O–H groups in total. The van der Waals surface area contributed by atoms with Gasteiger partial charge in [0.15, 0.2) is 0 Å². The highest BCUT2D eigenvalue weighted by atomic mass is 32.1. The van der Waals surface area contributed by atoms with Crippen LogP contribution in [-0.4, -0.2) is 11.5 Å². The molecule has 0 aliphatic rings. The standard InChI is InChI=1S/C18H38S.C8H18S/c1-2-3-4-5-6-7-8-9-10-11-12-13-14-15-16-17-18-19;1-2-3-4-5-6-7-8-9/h19H,2-18H2,1H3;9H,2-8H2,1H3. The van der Waals surface area contributed by atoms with Gasteiger partial charge >= 0.3 is 0 Å². The van der Waals surface area contributed by atoms with E-state index < -0.39 is 0 Å². The van der Waals surface area contributed by atoms with Crippen LogP contribution in [0.5, 0.6) is 0 Å². The lowest BCUT2D eigenvalue weighted by molar-refractivity contribution is 0.532. The molecule has 0 saturated heterocycles. The van der Waals surface area contributed by atoms with Crippen molar-refractivity contribution in [3.05, 3.63) is 0 Å². The fourth-order valence-electron chi connectivity index (χ4n) is 3.55. The maximum absolute atomic E-state index is 4.24. The normalized spacial score (nSPS) is 10.7. The highest BCUT2D eigenvalue weighted by Gasteiger charge is 1.94. The van der Waals surface area contributed by atoms with E-state index in [2.05, 4.69) is 39.1 Å². The highest BCUT2D eigenvalue weighted by Crippen LogP contribution is 2.13. The fraction of sp³-hybridized carbons (Fsp3) is 1.00. The van der Waals surface area contributed by atoms with Gasteiger partial charge in [0.25, 0.3) is 0 Å². The summed E-state index contributed by atoms with van der Waals surface area (Å²) < 4.78 is 0. The number of unbranched alkanes of at least 4 members (excludes halogenated alkanes) is 20. The van der Waals surface area contributed by atoms with Gasteiger partial charge < -0.3 is 0 Å². The summed E-state index contributed by atoms with van der Waals surface area (Å²) in [4.78, 5) is 0. The topological polar surface area (TPSA) is 0 Å². The van der Waals surface area contributed by atoms with E-state index in [1.807, 2.05) is 0 Å². The van der Waals surface area contributed by atoms with Gasteiger partial charge in [-0.1, -0.05) is 142 Å². The Morgan fingerprint density at radius 1 is 0.286 bits per heavy atom. The molecule has 0 aliphatic heterocycles. The summed E-state index contributed by atoms with van der Waals surface area (Å²) in [7, 11) is 0. The lowest BCUT2D eigenvalue weighted by Gasteiger charge is -2.03. The monoisotopic (exact) mass is 432 g/mol. The molecular weight excluding hydrogens is 376 g/mol. The Morgan fingerprint density at radius 3 is 0.643 bits per heavy atom. The van der Waals surface area contributed by atoms with Crippen LogP contribution in [0.15, 0.2) is 0 Å². The van der Waals surface area contributed by atoms with Crippen LogP contribution in [0.4, 0.5) is 0 Å². The molecule has 0 heterocycles. The zero-order chi connectivity index (χ0) is 21.0. The predicted octanol–water partition coefficient (Wildman–Crippen LogP) is 10.5. The Morgan fingerprint density at radius 2 is 0.464 bits per heavy atom. The molecule has 2 heteroatoms.